The van der Waals surface area contributed by atoms with Gasteiger partial charge in [-0.15, -0.1) is 0 Å². The van der Waals surface area contributed by atoms with E-state index in [-0.39, 0.29) is 11.9 Å². The van der Waals surface area contributed by atoms with Gasteiger partial charge in [-0.3, -0.25) is 4.79 Å². The van der Waals surface area contributed by atoms with Crippen LogP contribution < -0.4 is 0 Å². The molecule has 1 aromatic carbocycles. The first-order valence-corrected chi connectivity index (χ1v) is 6.25. The van der Waals surface area contributed by atoms with Crippen molar-refractivity contribution in [2.45, 2.75) is 26.2 Å². The molecule has 0 aliphatic carbocycles. The third-order valence-corrected chi connectivity index (χ3v) is 3.13. The van der Waals surface area contributed by atoms with Crippen LogP contribution in [0.4, 0.5) is 0 Å². The highest BCUT2D eigenvalue weighted by Gasteiger charge is 2.20. The number of esters is 1. The molecule has 0 fully saturated rings. The minimum absolute atomic E-state index is 0.151. The maximum Gasteiger partial charge on any atom is 0.313 e. The molecule has 0 saturated carbocycles. The predicted octanol–water partition coefficient (Wildman–Crippen LogP) is 2.63. The van der Waals surface area contributed by atoms with Gasteiger partial charge in [-0.1, -0.05) is 13.0 Å². The first-order valence-electron chi connectivity index (χ1n) is 6.25. The van der Waals surface area contributed by atoms with Gasteiger partial charge in [0, 0.05) is 7.05 Å². The summed E-state index contributed by atoms with van der Waals surface area (Å²) in [6, 6.07) is 5.93. The summed E-state index contributed by atoms with van der Waals surface area (Å²) in [4.78, 5) is 16.2. The zero-order valence-electron chi connectivity index (χ0n) is 11.0. The highest BCUT2D eigenvalue weighted by Crippen LogP contribution is 2.24. The molecule has 0 saturated heterocycles. The molecule has 4 nitrogen and oxygen atoms in total. The van der Waals surface area contributed by atoms with Crippen LogP contribution in [0.25, 0.3) is 11.0 Å². The molecule has 0 spiro atoms. The fourth-order valence-corrected chi connectivity index (χ4v) is 2.14. The Morgan fingerprint density at radius 1 is 1.44 bits per heavy atom. The molecule has 2 rings (SSSR count). The van der Waals surface area contributed by atoms with E-state index in [1.807, 2.05) is 43.7 Å². The topological polar surface area (TPSA) is 44.1 Å². The highest BCUT2D eigenvalue weighted by molar-refractivity contribution is 5.82. The van der Waals surface area contributed by atoms with Crippen LogP contribution in [-0.4, -0.2) is 22.1 Å². The van der Waals surface area contributed by atoms with Crippen LogP contribution in [-0.2, 0) is 16.6 Å². The Hall–Kier alpha value is -1.84. The van der Waals surface area contributed by atoms with E-state index < -0.39 is 0 Å². The summed E-state index contributed by atoms with van der Waals surface area (Å²) in [5.74, 6) is -0.342. The second kappa shape index (κ2) is 5.21. The molecule has 0 N–H and O–H groups in total. The van der Waals surface area contributed by atoms with Gasteiger partial charge in [0.05, 0.1) is 29.9 Å². The zero-order valence-corrected chi connectivity index (χ0v) is 11.0. The second-order valence-electron chi connectivity index (χ2n) is 4.32. The number of rotatable bonds is 4. The number of imidazole rings is 1. The molecule has 0 radical (unpaired) electrons. The lowest BCUT2D eigenvalue weighted by molar-refractivity contribution is -0.145. The van der Waals surface area contributed by atoms with Gasteiger partial charge in [-0.05, 0) is 31.0 Å². The summed E-state index contributed by atoms with van der Waals surface area (Å²) in [5, 5.41) is 0. The Morgan fingerprint density at radius 3 is 2.89 bits per heavy atom. The van der Waals surface area contributed by atoms with Crippen molar-refractivity contribution in [2.75, 3.05) is 6.61 Å². The first-order chi connectivity index (χ1) is 8.67. The van der Waals surface area contributed by atoms with Crippen molar-refractivity contribution in [1.82, 2.24) is 9.55 Å². The smallest absolute Gasteiger partial charge is 0.313 e. The van der Waals surface area contributed by atoms with E-state index in [4.69, 9.17) is 4.74 Å². The van der Waals surface area contributed by atoms with Crippen molar-refractivity contribution in [2.24, 2.45) is 7.05 Å². The van der Waals surface area contributed by atoms with E-state index in [1.165, 1.54) is 0 Å². The minimum atomic E-state index is -0.191. The van der Waals surface area contributed by atoms with Crippen LogP contribution in [0.3, 0.4) is 0 Å². The van der Waals surface area contributed by atoms with Crippen LogP contribution in [0, 0.1) is 0 Å². The predicted molar refractivity (Wildman–Crippen MR) is 70.4 cm³/mol. The van der Waals surface area contributed by atoms with Gasteiger partial charge in [-0.2, -0.15) is 0 Å². The molecule has 0 amide bonds. The maximum absolute atomic E-state index is 11.9. The summed E-state index contributed by atoms with van der Waals surface area (Å²) in [6.45, 7) is 4.24. The molecule has 1 aromatic heterocycles. The largest absolute Gasteiger partial charge is 0.466 e. The lowest BCUT2D eigenvalue weighted by Crippen LogP contribution is -2.15. The Labute approximate surface area is 107 Å². The van der Waals surface area contributed by atoms with Gasteiger partial charge in [0.25, 0.3) is 0 Å². The molecule has 0 bridgehead atoms. The van der Waals surface area contributed by atoms with Crippen molar-refractivity contribution in [3.05, 3.63) is 30.1 Å². The molecule has 0 aliphatic heterocycles. The number of aryl methyl sites for hydroxylation is 1. The van der Waals surface area contributed by atoms with E-state index in [0.29, 0.717) is 6.61 Å². The Morgan fingerprint density at radius 2 is 2.22 bits per heavy atom. The summed E-state index contributed by atoms with van der Waals surface area (Å²) in [5.41, 5.74) is 2.97. The molecule has 2 aromatic rings. The number of benzene rings is 1. The minimum Gasteiger partial charge on any atom is -0.466 e. The van der Waals surface area contributed by atoms with Crippen LogP contribution in [0.5, 0.6) is 0 Å². The van der Waals surface area contributed by atoms with Gasteiger partial charge in [0.1, 0.15) is 0 Å². The fourth-order valence-electron chi connectivity index (χ4n) is 2.14. The number of fused-ring (bicyclic) bond motifs is 1. The summed E-state index contributed by atoms with van der Waals surface area (Å²) in [7, 11) is 1.95. The Kier molecular flexibility index (Phi) is 3.65. The highest BCUT2D eigenvalue weighted by atomic mass is 16.5. The summed E-state index contributed by atoms with van der Waals surface area (Å²) in [6.07, 6.45) is 2.52. The number of aromatic nitrogens is 2. The molecule has 96 valence electrons. The summed E-state index contributed by atoms with van der Waals surface area (Å²) >= 11 is 0. The number of ether oxygens (including phenoxy) is 1. The van der Waals surface area contributed by atoms with E-state index in [9.17, 15) is 4.79 Å². The van der Waals surface area contributed by atoms with Crippen LogP contribution in [0.2, 0.25) is 0 Å². The third-order valence-electron chi connectivity index (χ3n) is 3.13. The zero-order chi connectivity index (χ0) is 13.1. The van der Waals surface area contributed by atoms with Crippen molar-refractivity contribution >= 4 is 17.0 Å². The van der Waals surface area contributed by atoms with Gasteiger partial charge >= 0.3 is 5.97 Å². The number of carbonyl (C=O) groups excluding carboxylic acids is 1. The lowest BCUT2D eigenvalue weighted by Gasteiger charge is -2.14. The third kappa shape index (κ3) is 2.23. The average Bonchev–Trinajstić information content (AvgIpc) is 2.72. The van der Waals surface area contributed by atoms with Gasteiger partial charge in [0.2, 0.25) is 0 Å². The Balaban J connectivity index is 2.38. The van der Waals surface area contributed by atoms with Gasteiger partial charge < -0.3 is 9.30 Å². The number of carbonyl (C=O) groups is 1. The van der Waals surface area contributed by atoms with E-state index >= 15 is 0 Å². The lowest BCUT2D eigenvalue weighted by atomic mass is 9.96. The average molecular weight is 246 g/mol. The van der Waals surface area contributed by atoms with E-state index in [0.717, 1.165) is 23.0 Å². The fraction of sp³-hybridized carbons (Fsp3) is 0.429. The SMILES string of the molecule is CCOC(=O)C(CC)c1ccc2ncn(C)c2c1. The molecule has 1 atom stereocenters. The molecular formula is C14H18N2O2. The quantitative estimate of drug-likeness (QED) is 0.779. The van der Waals surface area contributed by atoms with Crippen molar-refractivity contribution in [3.8, 4) is 0 Å². The van der Waals surface area contributed by atoms with Crippen molar-refractivity contribution < 1.29 is 9.53 Å². The molecule has 18 heavy (non-hydrogen) atoms. The van der Waals surface area contributed by atoms with Gasteiger partial charge in [0.15, 0.2) is 0 Å². The molecule has 1 unspecified atom stereocenters. The second-order valence-corrected chi connectivity index (χ2v) is 4.32. The number of nitrogens with zero attached hydrogens (tertiary/aromatic N) is 2. The molecule has 1 heterocycles. The first kappa shape index (κ1) is 12.6. The monoisotopic (exact) mass is 246 g/mol. The molecular weight excluding hydrogens is 228 g/mol. The summed E-state index contributed by atoms with van der Waals surface area (Å²) < 4.78 is 7.07. The van der Waals surface area contributed by atoms with Crippen LogP contribution in [0.1, 0.15) is 31.7 Å². The van der Waals surface area contributed by atoms with Crippen LogP contribution in [0.15, 0.2) is 24.5 Å². The molecule has 4 heteroatoms. The molecule has 0 aliphatic rings. The van der Waals surface area contributed by atoms with E-state index in [2.05, 4.69) is 4.98 Å². The number of hydrogen-bond acceptors (Lipinski definition) is 3. The Bertz CT molecular complexity index is 560. The maximum atomic E-state index is 11.9. The number of hydrogen-bond donors (Lipinski definition) is 0. The van der Waals surface area contributed by atoms with E-state index in [1.54, 1.807) is 6.33 Å². The normalized spacial score (nSPS) is 12.6. The standard InChI is InChI=1S/C14H18N2O2/c1-4-11(14(17)18-5-2)10-6-7-12-13(8-10)16(3)9-15-12/h6-9,11H,4-5H2,1-3H3. The van der Waals surface area contributed by atoms with Gasteiger partial charge in [-0.25, -0.2) is 4.98 Å². The van der Waals surface area contributed by atoms with Crippen molar-refractivity contribution in [3.63, 3.8) is 0 Å². The van der Waals surface area contributed by atoms with Crippen LogP contribution >= 0.6 is 0 Å². The van der Waals surface area contributed by atoms with Crippen molar-refractivity contribution in [1.29, 1.82) is 0 Å².